The summed E-state index contributed by atoms with van der Waals surface area (Å²) in [5.74, 6) is 1.01. The minimum atomic E-state index is 1.01. The van der Waals surface area contributed by atoms with Crippen molar-refractivity contribution in [1.82, 2.24) is 9.55 Å². The van der Waals surface area contributed by atoms with Gasteiger partial charge in [-0.1, -0.05) is 36.4 Å². The minimum Gasteiger partial charge on any atom is -0.303 e. The number of hydrogen-bond donors (Lipinski definition) is 0. The SMILES string of the molecule is Cc1nccn1-c1cccc2ccccc12. The van der Waals surface area contributed by atoms with Crippen molar-refractivity contribution in [1.29, 1.82) is 0 Å². The lowest BCUT2D eigenvalue weighted by atomic mass is 10.1. The highest BCUT2D eigenvalue weighted by atomic mass is 15.1. The van der Waals surface area contributed by atoms with Crippen LogP contribution in [0.25, 0.3) is 16.5 Å². The zero-order chi connectivity index (χ0) is 11.0. The van der Waals surface area contributed by atoms with E-state index in [1.54, 1.807) is 0 Å². The second-order valence-electron chi connectivity index (χ2n) is 3.84. The van der Waals surface area contributed by atoms with Gasteiger partial charge in [-0.3, -0.25) is 0 Å². The van der Waals surface area contributed by atoms with E-state index in [4.69, 9.17) is 0 Å². The molecule has 0 atom stereocenters. The summed E-state index contributed by atoms with van der Waals surface area (Å²) in [7, 11) is 0. The van der Waals surface area contributed by atoms with Crippen LogP contribution in [-0.4, -0.2) is 9.55 Å². The van der Waals surface area contributed by atoms with Crippen molar-refractivity contribution < 1.29 is 0 Å². The monoisotopic (exact) mass is 208 g/mol. The van der Waals surface area contributed by atoms with E-state index < -0.39 is 0 Å². The van der Waals surface area contributed by atoms with Gasteiger partial charge in [-0.05, 0) is 18.4 Å². The van der Waals surface area contributed by atoms with Gasteiger partial charge in [0.25, 0.3) is 0 Å². The Morgan fingerprint density at radius 1 is 1.00 bits per heavy atom. The van der Waals surface area contributed by atoms with Crippen molar-refractivity contribution in [3.8, 4) is 5.69 Å². The molecule has 1 aromatic heterocycles. The first-order valence-corrected chi connectivity index (χ1v) is 5.34. The first kappa shape index (κ1) is 9.16. The maximum Gasteiger partial charge on any atom is 0.110 e. The second kappa shape index (κ2) is 3.49. The molecule has 1 heterocycles. The standard InChI is InChI=1S/C14H12N2/c1-11-15-9-10-16(11)14-8-4-6-12-5-2-3-7-13(12)14/h2-10H,1H3. The van der Waals surface area contributed by atoms with Gasteiger partial charge in [0.15, 0.2) is 0 Å². The third kappa shape index (κ3) is 1.31. The molecule has 0 aliphatic heterocycles. The Kier molecular flexibility index (Phi) is 2.00. The number of aromatic nitrogens is 2. The lowest BCUT2D eigenvalue weighted by molar-refractivity contribution is 0.983. The van der Waals surface area contributed by atoms with Crippen molar-refractivity contribution in [2.45, 2.75) is 6.92 Å². The van der Waals surface area contributed by atoms with Crippen molar-refractivity contribution in [3.63, 3.8) is 0 Å². The van der Waals surface area contributed by atoms with Crippen molar-refractivity contribution in [3.05, 3.63) is 60.7 Å². The van der Waals surface area contributed by atoms with Crippen LogP contribution < -0.4 is 0 Å². The normalized spacial score (nSPS) is 10.8. The van der Waals surface area contributed by atoms with Gasteiger partial charge in [0.05, 0.1) is 5.69 Å². The topological polar surface area (TPSA) is 17.8 Å². The van der Waals surface area contributed by atoms with E-state index in [-0.39, 0.29) is 0 Å². The highest BCUT2D eigenvalue weighted by Gasteiger charge is 2.03. The molecule has 0 radical (unpaired) electrons. The van der Waals surface area contributed by atoms with E-state index in [1.807, 2.05) is 19.3 Å². The molecule has 0 saturated heterocycles. The van der Waals surface area contributed by atoms with E-state index >= 15 is 0 Å². The van der Waals surface area contributed by atoms with Gasteiger partial charge in [-0.2, -0.15) is 0 Å². The molecule has 3 aromatic rings. The number of fused-ring (bicyclic) bond motifs is 1. The molecule has 3 rings (SSSR count). The minimum absolute atomic E-state index is 1.01. The molecule has 0 spiro atoms. The lowest BCUT2D eigenvalue weighted by Gasteiger charge is -2.08. The van der Waals surface area contributed by atoms with Gasteiger partial charge >= 0.3 is 0 Å². The first-order chi connectivity index (χ1) is 7.86. The van der Waals surface area contributed by atoms with Crippen LogP contribution in [0.15, 0.2) is 54.9 Å². The van der Waals surface area contributed by atoms with Gasteiger partial charge in [0, 0.05) is 17.8 Å². The molecular weight excluding hydrogens is 196 g/mol. The average Bonchev–Trinajstić information content (AvgIpc) is 2.75. The Morgan fingerprint density at radius 2 is 1.81 bits per heavy atom. The number of imidazole rings is 1. The van der Waals surface area contributed by atoms with E-state index in [2.05, 4.69) is 52.0 Å². The molecule has 2 aromatic carbocycles. The van der Waals surface area contributed by atoms with Crippen molar-refractivity contribution >= 4 is 10.8 Å². The fourth-order valence-electron chi connectivity index (χ4n) is 2.05. The molecule has 2 heteroatoms. The predicted molar refractivity (Wildman–Crippen MR) is 65.8 cm³/mol. The van der Waals surface area contributed by atoms with Crippen LogP contribution in [0.3, 0.4) is 0 Å². The Bertz CT molecular complexity index is 633. The Labute approximate surface area is 94.2 Å². The van der Waals surface area contributed by atoms with Crippen molar-refractivity contribution in [2.75, 3.05) is 0 Å². The summed E-state index contributed by atoms with van der Waals surface area (Å²) in [6.45, 7) is 2.02. The quantitative estimate of drug-likeness (QED) is 0.599. The zero-order valence-electron chi connectivity index (χ0n) is 9.09. The highest BCUT2D eigenvalue weighted by Crippen LogP contribution is 2.22. The summed E-state index contributed by atoms with van der Waals surface area (Å²) in [6.07, 6.45) is 3.83. The molecule has 0 bridgehead atoms. The molecule has 0 N–H and O–H groups in total. The fraction of sp³-hybridized carbons (Fsp3) is 0.0714. The van der Waals surface area contributed by atoms with Crippen molar-refractivity contribution in [2.24, 2.45) is 0 Å². The van der Waals surface area contributed by atoms with E-state index in [1.165, 1.54) is 16.5 Å². The van der Waals surface area contributed by atoms with Gasteiger partial charge in [0.1, 0.15) is 5.82 Å². The Morgan fingerprint density at radius 3 is 2.62 bits per heavy atom. The smallest absolute Gasteiger partial charge is 0.110 e. The largest absolute Gasteiger partial charge is 0.303 e. The van der Waals surface area contributed by atoms with Crippen LogP contribution in [-0.2, 0) is 0 Å². The maximum absolute atomic E-state index is 4.26. The van der Waals surface area contributed by atoms with Crippen LogP contribution in [0, 0.1) is 6.92 Å². The molecule has 2 nitrogen and oxygen atoms in total. The third-order valence-electron chi connectivity index (χ3n) is 2.85. The van der Waals surface area contributed by atoms with Gasteiger partial charge in [-0.15, -0.1) is 0 Å². The zero-order valence-corrected chi connectivity index (χ0v) is 9.09. The molecule has 0 fully saturated rings. The number of aryl methyl sites for hydroxylation is 1. The Balaban J connectivity index is 2.36. The summed E-state index contributed by atoms with van der Waals surface area (Å²) in [5, 5.41) is 2.51. The summed E-state index contributed by atoms with van der Waals surface area (Å²) >= 11 is 0. The molecular formula is C14H12N2. The predicted octanol–water partition coefficient (Wildman–Crippen LogP) is 3.33. The van der Waals surface area contributed by atoms with Gasteiger partial charge in [0.2, 0.25) is 0 Å². The molecule has 0 aliphatic carbocycles. The van der Waals surface area contributed by atoms with Gasteiger partial charge in [-0.25, -0.2) is 4.98 Å². The van der Waals surface area contributed by atoms with Crippen LogP contribution in [0.5, 0.6) is 0 Å². The average molecular weight is 208 g/mol. The first-order valence-electron chi connectivity index (χ1n) is 5.34. The van der Waals surface area contributed by atoms with E-state index in [0.29, 0.717) is 0 Å². The number of benzene rings is 2. The molecule has 0 saturated carbocycles. The summed E-state index contributed by atoms with van der Waals surface area (Å²) in [4.78, 5) is 4.26. The van der Waals surface area contributed by atoms with Gasteiger partial charge < -0.3 is 4.57 Å². The van der Waals surface area contributed by atoms with Crippen LogP contribution in [0.2, 0.25) is 0 Å². The van der Waals surface area contributed by atoms with E-state index in [0.717, 1.165) is 5.82 Å². The Hall–Kier alpha value is -2.09. The summed E-state index contributed by atoms with van der Waals surface area (Å²) in [5.41, 5.74) is 1.19. The number of nitrogens with zero attached hydrogens (tertiary/aromatic N) is 2. The van der Waals surface area contributed by atoms with E-state index in [9.17, 15) is 0 Å². The number of hydrogen-bond acceptors (Lipinski definition) is 1. The molecule has 0 unspecified atom stereocenters. The number of rotatable bonds is 1. The molecule has 0 amide bonds. The molecule has 78 valence electrons. The highest BCUT2D eigenvalue weighted by molar-refractivity contribution is 5.90. The molecule has 0 aliphatic rings. The van der Waals surface area contributed by atoms with Crippen LogP contribution in [0.4, 0.5) is 0 Å². The molecule has 16 heavy (non-hydrogen) atoms. The summed E-state index contributed by atoms with van der Waals surface area (Å²) in [6, 6.07) is 14.7. The van der Waals surface area contributed by atoms with Crippen LogP contribution in [0.1, 0.15) is 5.82 Å². The second-order valence-corrected chi connectivity index (χ2v) is 3.84. The fourth-order valence-corrected chi connectivity index (χ4v) is 2.05. The maximum atomic E-state index is 4.26. The lowest BCUT2D eigenvalue weighted by Crippen LogP contribution is -1.96. The summed E-state index contributed by atoms with van der Waals surface area (Å²) < 4.78 is 2.11. The third-order valence-corrected chi connectivity index (χ3v) is 2.85. The van der Waals surface area contributed by atoms with Crippen LogP contribution >= 0.6 is 0 Å².